The van der Waals surface area contributed by atoms with Crippen molar-refractivity contribution in [2.45, 2.75) is 25.4 Å². The predicted octanol–water partition coefficient (Wildman–Crippen LogP) is 10.1. The number of hydrogen-bond acceptors (Lipinski definition) is 10. The summed E-state index contributed by atoms with van der Waals surface area (Å²) in [6.45, 7) is -0.357. The summed E-state index contributed by atoms with van der Waals surface area (Å²) in [5.74, 6) is -5.62. The normalized spacial score (nSPS) is 11.7. The highest BCUT2D eigenvalue weighted by atomic mass is 35.5. The number of anilines is 2. The topological polar surface area (TPSA) is 130 Å². The van der Waals surface area contributed by atoms with Crippen LogP contribution in [-0.2, 0) is 25.4 Å². The Labute approximate surface area is 353 Å². The maximum atomic E-state index is 13.9. The molecule has 0 aliphatic carbocycles. The molecule has 0 amide bonds. The lowest BCUT2D eigenvalue weighted by Gasteiger charge is -2.12. The molecular weight excluding hydrogens is 878 g/mol. The van der Waals surface area contributed by atoms with Gasteiger partial charge in [0.25, 0.3) is 0 Å². The van der Waals surface area contributed by atoms with Crippen molar-refractivity contribution in [2.24, 2.45) is 0 Å². The summed E-state index contributed by atoms with van der Waals surface area (Å²) in [4.78, 5) is 23.5. The van der Waals surface area contributed by atoms with Crippen LogP contribution in [0.4, 0.5) is 55.5 Å². The van der Waals surface area contributed by atoms with Crippen LogP contribution >= 0.6 is 11.6 Å². The maximum Gasteiger partial charge on any atom is 0.450 e. The third kappa shape index (κ3) is 9.49. The van der Waals surface area contributed by atoms with Crippen molar-refractivity contribution >= 4 is 45.3 Å². The summed E-state index contributed by atoms with van der Waals surface area (Å²) in [6.07, 6.45) is -4.92. The van der Waals surface area contributed by atoms with Crippen LogP contribution in [0.3, 0.4) is 0 Å². The maximum absolute atomic E-state index is 13.9. The number of halogens is 11. The Balaban J connectivity index is 0.000000189. The van der Waals surface area contributed by atoms with Crippen LogP contribution in [0.2, 0.25) is 5.02 Å². The van der Waals surface area contributed by atoms with Gasteiger partial charge in [0.15, 0.2) is 23.3 Å². The van der Waals surface area contributed by atoms with E-state index < -0.39 is 59.4 Å². The second-order valence-corrected chi connectivity index (χ2v) is 13.5. The minimum absolute atomic E-state index is 0.0106. The molecular formula is C40H27ClF10N10O2. The summed E-state index contributed by atoms with van der Waals surface area (Å²) in [7, 11) is 2.79. The lowest BCUT2D eigenvalue weighted by atomic mass is 10.2. The average Bonchev–Trinajstić information content (AvgIpc) is 3.85. The van der Waals surface area contributed by atoms with E-state index in [-0.39, 0.29) is 56.9 Å². The highest BCUT2D eigenvalue weighted by Crippen LogP contribution is 2.36. The average molecular weight is 905 g/mol. The largest absolute Gasteiger partial charge is 0.497 e. The van der Waals surface area contributed by atoms with Gasteiger partial charge in [0.2, 0.25) is 11.6 Å². The smallest absolute Gasteiger partial charge is 0.450 e. The summed E-state index contributed by atoms with van der Waals surface area (Å²) in [5, 5.41) is 5.70. The van der Waals surface area contributed by atoms with Crippen LogP contribution in [0.15, 0.2) is 91.5 Å². The summed E-state index contributed by atoms with van der Waals surface area (Å²) < 4.78 is 148. The van der Waals surface area contributed by atoms with E-state index in [9.17, 15) is 43.9 Å². The van der Waals surface area contributed by atoms with E-state index in [0.717, 1.165) is 27.6 Å². The van der Waals surface area contributed by atoms with E-state index >= 15 is 0 Å². The Bertz CT molecular complexity index is 2920. The van der Waals surface area contributed by atoms with Gasteiger partial charge in [0.1, 0.15) is 34.8 Å². The zero-order chi connectivity index (χ0) is 45.2. The number of rotatable bonds is 10. The minimum atomic E-state index is -4.78. The number of benzene rings is 4. The fourth-order valence-corrected chi connectivity index (χ4v) is 6.19. The third-order valence-electron chi connectivity index (χ3n) is 9.03. The van der Waals surface area contributed by atoms with E-state index in [0.29, 0.717) is 23.1 Å². The molecule has 4 heterocycles. The molecule has 4 aromatic carbocycles. The van der Waals surface area contributed by atoms with Gasteiger partial charge in [0, 0.05) is 41.4 Å². The minimum Gasteiger partial charge on any atom is -0.497 e. The third-order valence-corrected chi connectivity index (χ3v) is 9.26. The lowest BCUT2D eigenvalue weighted by molar-refractivity contribution is -0.146. The van der Waals surface area contributed by atoms with Crippen molar-refractivity contribution in [3.05, 3.63) is 143 Å². The van der Waals surface area contributed by atoms with E-state index in [1.807, 2.05) is 0 Å². The lowest BCUT2D eigenvalue weighted by Crippen LogP contribution is -2.15. The van der Waals surface area contributed by atoms with Crippen molar-refractivity contribution in [1.29, 1.82) is 0 Å². The number of nitrogens with one attached hydrogen (secondary N) is 2. The van der Waals surface area contributed by atoms with E-state index in [2.05, 4.69) is 40.5 Å². The molecule has 326 valence electrons. The molecule has 0 bridgehead atoms. The van der Waals surface area contributed by atoms with Gasteiger partial charge in [0.05, 0.1) is 61.1 Å². The number of fused-ring (bicyclic) bond motifs is 2. The van der Waals surface area contributed by atoms with Gasteiger partial charge in [-0.1, -0.05) is 17.7 Å². The van der Waals surface area contributed by atoms with Crippen LogP contribution in [0.5, 0.6) is 11.5 Å². The molecule has 0 unspecified atom stereocenters. The van der Waals surface area contributed by atoms with Crippen molar-refractivity contribution in [2.75, 3.05) is 24.9 Å². The monoisotopic (exact) mass is 904 g/mol. The van der Waals surface area contributed by atoms with E-state index in [1.54, 1.807) is 6.07 Å². The molecule has 63 heavy (non-hydrogen) atoms. The van der Waals surface area contributed by atoms with Crippen molar-refractivity contribution in [1.82, 2.24) is 39.0 Å². The molecule has 4 aromatic heterocycles. The number of alkyl halides is 6. The van der Waals surface area contributed by atoms with Crippen molar-refractivity contribution < 1.29 is 53.4 Å². The van der Waals surface area contributed by atoms with Crippen LogP contribution < -0.4 is 20.1 Å². The van der Waals surface area contributed by atoms with Gasteiger partial charge in [-0.3, -0.25) is 9.13 Å². The van der Waals surface area contributed by atoms with Gasteiger partial charge in [-0.05, 0) is 48.5 Å². The SMILES string of the molecule is COc1ccc2c(c1)nc(C(F)(F)F)n2-c1cnc(NCc2c(F)ccc(F)c2F)cn1.COc1ccc2c(c1)nc(C(F)(F)F)n2-c1cnc(NCc2ccc(Cl)cc2F)cn1. The van der Waals surface area contributed by atoms with E-state index in [1.165, 1.54) is 75.1 Å². The van der Waals surface area contributed by atoms with Gasteiger partial charge in [-0.25, -0.2) is 47.5 Å². The van der Waals surface area contributed by atoms with Crippen molar-refractivity contribution in [3.8, 4) is 23.1 Å². The number of aromatic nitrogens is 8. The summed E-state index contributed by atoms with van der Waals surface area (Å²) in [6, 6.07) is 14.3. The number of nitrogens with zero attached hydrogens (tertiary/aromatic N) is 8. The quantitative estimate of drug-likeness (QED) is 0.101. The fourth-order valence-electron chi connectivity index (χ4n) is 6.04. The first-order valence-electron chi connectivity index (χ1n) is 17.9. The van der Waals surface area contributed by atoms with Gasteiger partial charge in [-0.2, -0.15) is 26.3 Å². The molecule has 2 N–H and O–H groups in total. The Morgan fingerprint density at radius 2 is 1.06 bits per heavy atom. The van der Waals surface area contributed by atoms with Crippen LogP contribution in [0, 0.1) is 23.3 Å². The highest BCUT2D eigenvalue weighted by molar-refractivity contribution is 6.30. The highest BCUT2D eigenvalue weighted by Gasteiger charge is 2.39. The Kier molecular flexibility index (Phi) is 12.3. The molecule has 23 heteroatoms. The van der Waals surface area contributed by atoms with Gasteiger partial charge >= 0.3 is 12.4 Å². The van der Waals surface area contributed by atoms with Gasteiger partial charge in [-0.15, -0.1) is 0 Å². The second kappa shape index (κ2) is 17.6. The molecule has 0 spiro atoms. The van der Waals surface area contributed by atoms with Crippen LogP contribution in [0.25, 0.3) is 33.7 Å². The zero-order valence-corrected chi connectivity index (χ0v) is 32.9. The number of hydrogen-bond donors (Lipinski definition) is 2. The first-order chi connectivity index (χ1) is 29.9. The fraction of sp³-hybridized carbons (Fsp3) is 0.150. The van der Waals surface area contributed by atoms with Crippen molar-refractivity contribution in [3.63, 3.8) is 0 Å². The Hall–Kier alpha value is -7.23. The molecule has 0 aliphatic rings. The first-order valence-corrected chi connectivity index (χ1v) is 18.3. The molecule has 8 aromatic rings. The molecule has 8 rings (SSSR count). The van der Waals surface area contributed by atoms with E-state index in [4.69, 9.17) is 21.1 Å². The first kappa shape index (κ1) is 43.8. The second-order valence-electron chi connectivity index (χ2n) is 13.0. The predicted molar refractivity (Wildman–Crippen MR) is 209 cm³/mol. The van der Waals surface area contributed by atoms with Gasteiger partial charge < -0.3 is 20.1 Å². The molecule has 0 saturated heterocycles. The number of imidazole rings is 2. The Morgan fingerprint density at radius 1 is 0.571 bits per heavy atom. The summed E-state index contributed by atoms with van der Waals surface area (Å²) >= 11 is 5.73. The zero-order valence-electron chi connectivity index (χ0n) is 32.1. The number of methoxy groups -OCH3 is 2. The van der Waals surface area contributed by atoms with Crippen LogP contribution in [-0.4, -0.2) is 53.3 Å². The molecule has 12 nitrogen and oxygen atoms in total. The molecule has 0 atom stereocenters. The number of ether oxygens (including phenoxy) is 2. The molecule has 0 fully saturated rings. The summed E-state index contributed by atoms with van der Waals surface area (Å²) in [5.41, 5.74) is 0.268. The molecule has 0 aliphatic heterocycles. The molecule has 0 radical (unpaired) electrons. The Morgan fingerprint density at radius 3 is 1.51 bits per heavy atom. The van der Waals surface area contributed by atoms with Crippen LogP contribution in [0.1, 0.15) is 22.8 Å². The standard InChI is InChI=1S/C20H14ClF4N5O.C20H13F6N5O/c1-31-13-4-5-16-15(7-13)29-19(20(23,24)25)30(16)18-10-27-17(9-28-18)26-8-11-2-3-12(21)6-14(11)22;1-32-10-2-5-15-14(6-10)30-19(20(24,25)26)31(15)17-9-28-16(8-29-17)27-7-11-12(21)3-4-13(22)18(11)23/h2-7,9-10H,8H2,1H3,(H,26,27);2-6,8-9H,7H2,1H3,(H,27,28). The molecule has 0 saturated carbocycles.